The molecule has 0 spiro atoms. The van der Waals surface area contributed by atoms with Crippen LogP contribution in [0.1, 0.15) is 64.2 Å². The predicted octanol–water partition coefficient (Wildman–Crippen LogP) is 6.17. The van der Waals surface area contributed by atoms with Gasteiger partial charge in [0.05, 0.1) is 0 Å². The number of unbranched alkanes of at least 4 members (excludes halogenated alkanes) is 9. The predicted molar refractivity (Wildman–Crippen MR) is 166 cm³/mol. The molecule has 2 fully saturated rings. The Morgan fingerprint density at radius 1 is 0.447 bits per heavy atom. The fraction of sp³-hybridized carbons (Fsp3) is 0.667. The molecular weight excluding hydrogens is 515 g/mol. The Morgan fingerprint density at radius 3 is 1.11 bits per heavy atom. The Hall–Kier alpha value is -1.60. The van der Waals surface area contributed by atoms with E-state index in [1.54, 1.807) is 0 Å². The fourth-order valence-corrected chi connectivity index (χ4v) is 5.57. The van der Waals surface area contributed by atoms with Crippen molar-refractivity contribution < 1.29 is 0 Å². The fourth-order valence-electron chi connectivity index (χ4n) is 5.57. The van der Waals surface area contributed by atoms with Crippen LogP contribution in [0.2, 0.25) is 0 Å². The second-order valence-electron chi connectivity index (χ2n) is 10.6. The van der Waals surface area contributed by atoms with Crippen molar-refractivity contribution in [3.8, 4) is 0 Å². The Bertz CT molecular complexity index is 743. The molecule has 0 N–H and O–H groups in total. The lowest BCUT2D eigenvalue weighted by molar-refractivity contribution is 0.251. The molecule has 0 aliphatic carbocycles. The number of nitrogens with zero attached hydrogens (tertiary/aromatic N) is 6. The number of aromatic nitrogens is 2. The van der Waals surface area contributed by atoms with E-state index >= 15 is 0 Å². The van der Waals surface area contributed by atoms with Gasteiger partial charge in [-0.25, -0.2) is 9.97 Å². The van der Waals surface area contributed by atoms with Crippen molar-refractivity contribution in [3.63, 3.8) is 0 Å². The number of hydrogen-bond donors (Lipinski definition) is 0. The summed E-state index contributed by atoms with van der Waals surface area (Å²) in [5, 5.41) is 0. The molecular formula is C30H50Cl2N6. The van der Waals surface area contributed by atoms with Gasteiger partial charge >= 0.3 is 0 Å². The van der Waals surface area contributed by atoms with Crippen molar-refractivity contribution in [1.82, 2.24) is 19.8 Å². The lowest BCUT2D eigenvalue weighted by atomic mass is 10.1. The third kappa shape index (κ3) is 11.6. The van der Waals surface area contributed by atoms with E-state index in [9.17, 15) is 0 Å². The minimum Gasteiger partial charge on any atom is -0.354 e. The Labute approximate surface area is 244 Å². The number of hydrogen-bond acceptors (Lipinski definition) is 6. The van der Waals surface area contributed by atoms with Gasteiger partial charge < -0.3 is 9.80 Å². The second-order valence-corrected chi connectivity index (χ2v) is 10.6. The van der Waals surface area contributed by atoms with Crippen LogP contribution in [-0.4, -0.2) is 85.2 Å². The van der Waals surface area contributed by atoms with Crippen molar-refractivity contribution in [2.45, 2.75) is 64.2 Å². The van der Waals surface area contributed by atoms with Crippen molar-refractivity contribution in [3.05, 3.63) is 48.8 Å². The zero-order valence-electron chi connectivity index (χ0n) is 23.3. The molecule has 2 aromatic heterocycles. The van der Waals surface area contributed by atoms with E-state index in [0.717, 1.165) is 37.8 Å². The van der Waals surface area contributed by atoms with Gasteiger partial charge in [0.25, 0.3) is 0 Å². The van der Waals surface area contributed by atoms with Gasteiger partial charge in [0.1, 0.15) is 11.6 Å². The van der Waals surface area contributed by atoms with Crippen molar-refractivity contribution >= 4 is 36.4 Å². The average Bonchev–Trinajstić information content (AvgIpc) is 2.95. The maximum Gasteiger partial charge on any atom is 0.128 e. The van der Waals surface area contributed by atoms with Gasteiger partial charge in [-0.05, 0) is 50.2 Å². The van der Waals surface area contributed by atoms with Crippen LogP contribution < -0.4 is 9.80 Å². The molecule has 0 atom stereocenters. The topological polar surface area (TPSA) is 38.7 Å². The number of pyridine rings is 2. The molecule has 2 aliphatic rings. The smallest absolute Gasteiger partial charge is 0.128 e. The third-order valence-electron chi connectivity index (χ3n) is 7.89. The number of anilines is 2. The summed E-state index contributed by atoms with van der Waals surface area (Å²) in [5.74, 6) is 2.26. The normalized spacial score (nSPS) is 16.6. The zero-order chi connectivity index (χ0) is 24.7. The van der Waals surface area contributed by atoms with Crippen molar-refractivity contribution in [2.75, 3.05) is 75.2 Å². The summed E-state index contributed by atoms with van der Waals surface area (Å²) < 4.78 is 0. The quantitative estimate of drug-likeness (QED) is 0.241. The standard InChI is InChI=1S/C30H48N6.2ClH/c1(3-5-7-13-19-33-21-25-35(26-22-33)29-15-9-11-17-31-29)2-4-6-8-14-20-34-23-27-36(28-24-34)30-16-10-12-18-32-30;;/h9-12,15-18H,1-8,13-14,19-28H2;2*1H. The molecule has 2 aliphatic heterocycles. The highest BCUT2D eigenvalue weighted by atomic mass is 35.5. The maximum absolute atomic E-state index is 4.49. The largest absolute Gasteiger partial charge is 0.354 e. The number of halogens is 2. The van der Waals surface area contributed by atoms with E-state index in [1.165, 1.54) is 103 Å². The summed E-state index contributed by atoms with van der Waals surface area (Å²) in [5.41, 5.74) is 0. The number of rotatable bonds is 15. The van der Waals surface area contributed by atoms with Gasteiger partial charge in [-0.3, -0.25) is 9.80 Å². The molecule has 2 saturated heterocycles. The zero-order valence-corrected chi connectivity index (χ0v) is 24.9. The summed E-state index contributed by atoms with van der Waals surface area (Å²) in [6, 6.07) is 12.4. The SMILES string of the molecule is Cl.Cl.c1ccc(N2CCN(CCCCCCCCCCCCN3CCN(c4ccccn4)CC3)CC2)nc1. The van der Waals surface area contributed by atoms with Crippen LogP contribution in [0.25, 0.3) is 0 Å². The van der Waals surface area contributed by atoms with E-state index in [1.807, 2.05) is 24.5 Å². The summed E-state index contributed by atoms with van der Waals surface area (Å²) in [6.07, 6.45) is 17.9. The minimum absolute atomic E-state index is 0. The summed E-state index contributed by atoms with van der Waals surface area (Å²) >= 11 is 0. The van der Waals surface area contributed by atoms with E-state index in [-0.39, 0.29) is 24.8 Å². The highest BCUT2D eigenvalue weighted by Crippen LogP contribution is 2.16. The summed E-state index contributed by atoms with van der Waals surface area (Å²) in [7, 11) is 0. The molecule has 0 bridgehead atoms. The van der Waals surface area contributed by atoms with Gasteiger partial charge in [-0.2, -0.15) is 0 Å². The van der Waals surface area contributed by atoms with Crippen molar-refractivity contribution in [1.29, 1.82) is 0 Å². The van der Waals surface area contributed by atoms with Crippen LogP contribution in [0.15, 0.2) is 48.8 Å². The van der Waals surface area contributed by atoms with Gasteiger partial charge in [0.15, 0.2) is 0 Å². The molecule has 8 heteroatoms. The molecule has 6 nitrogen and oxygen atoms in total. The first-order valence-corrected chi connectivity index (χ1v) is 14.7. The van der Waals surface area contributed by atoms with Gasteiger partial charge in [0, 0.05) is 64.8 Å². The van der Waals surface area contributed by atoms with Crippen LogP contribution in [-0.2, 0) is 0 Å². The molecule has 38 heavy (non-hydrogen) atoms. The lowest BCUT2D eigenvalue weighted by Gasteiger charge is -2.35. The lowest BCUT2D eigenvalue weighted by Crippen LogP contribution is -2.46. The first-order valence-electron chi connectivity index (χ1n) is 14.7. The third-order valence-corrected chi connectivity index (χ3v) is 7.89. The van der Waals surface area contributed by atoms with Gasteiger partial charge in [-0.15, -0.1) is 24.8 Å². The van der Waals surface area contributed by atoms with Gasteiger partial charge in [-0.1, -0.05) is 63.5 Å². The van der Waals surface area contributed by atoms with Crippen LogP contribution >= 0.6 is 24.8 Å². The molecule has 0 amide bonds. The highest BCUT2D eigenvalue weighted by Gasteiger charge is 2.18. The molecule has 4 rings (SSSR count). The van der Waals surface area contributed by atoms with Crippen LogP contribution in [0.3, 0.4) is 0 Å². The molecule has 214 valence electrons. The average molecular weight is 566 g/mol. The Morgan fingerprint density at radius 2 is 0.789 bits per heavy atom. The van der Waals surface area contributed by atoms with E-state index in [4.69, 9.17) is 0 Å². The van der Waals surface area contributed by atoms with E-state index in [2.05, 4.69) is 53.8 Å². The van der Waals surface area contributed by atoms with Crippen LogP contribution in [0.4, 0.5) is 11.6 Å². The van der Waals surface area contributed by atoms with Gasteiger partial charge in [0.2, 0.25) is 0 Å². The monoisotopic (exact) mass is 564 g/mol. The highest BCUT2D eigenvalue weighted by molar-refractivity contribution is 5.85. The number of piperazine rings is 2. The molecule has 0 saturated carbocycles. The first kappa shape index (κ1) is 32.6. The second kappa shape index (κ2) is 19.5. The minimum atomic E-state index is 0. The summed E-state index contributed by atoms with van der Waals surface area (Å²) in [6.45, 7) is 11.7. The molecule has 2 aromatic rings. The molecule has 0 aromatic carbocycles. The van der Waals surface area contributed by atoms with Crippen molar-refractivity contribution in [2.24, 2.45) is 0 Å². The molecule has 0 radical (unpaired) electrons. The maximum atomic E-state index is 4.49. The molecule has 4 heterocycles. The van der Waals surface area contributed by atoms with E-state index in [0.29, 0.717) is 0 Å². The van der Waals surface area contributed by atoms with Crippen LogP contribution in [0, 0.1) is 0 Å². The first-order chi connectivity index (χ1) is 17.9. The van der Waals surface area contributed by atoms with Crippen LogP contribution in [0.5, 0.6) is 0 Å². The van der Waals surface area contributed by atoms with E-state index < -0.39 is 0 Å². The Kier molecular flexibility index (Phi) is 16.7. The molecule has 0 unspecified atom stereocenters. The Balaban J connectivity index is 0.00000253. The summed E-state index contributed by atoms with van der Waals surface area (Å²) in [4.78, 5) is 19.1.